The number of carbonyl (C=O) groups excluding carboxylic acids is 1. The molecule has 0 spiro atoms. The molecule has 2 N–H and O–H groups in total. The summed E-state index contributed by atoms with van der Waals surface area (Å²) < 4.78 is 27.3. The third-order valence-electron chi connectivity index (χ3n) is 6.02. The van der Waals surface area contributed by atoms with Crippen LogP contribution in [0.5, 0.6) is 0 Å². The van der Waals surface area contributed by atoms with Gasteiger partial charge in [-0.05, 0) is 66.5 Å². The van der Waals surface area contributed by atoms with E-state index in [-0.39, 0.29) is 23.2 Å². The van der Waals surface area contributed by atoms with E-state index in [2.05, 4.69) is 35.8 Å². The summed E-state index contributed by atoms with van der Waals surface area (Å²) >= 11 is 4.76. The molecule has 2 aromatic carbocycles. The lowest BCUT2D eigenvalue weighted by molar-refractivity contribution is -0.121. The molecule has 3 nitrogen and oxygen atoms in total. The molecule has 168 valence electrons. The topological polar surface area (TPSA) is 41.1 Å². The first-order chi connectivity index (χ1) is 14.9. The van der Waals surface area contributed by atoms with Gasteiger partial charge in [-0.15, -0.1) is 0 Å². The van der Waals surface area contributed by atoms with Gasteiger partial charge >= 0.3 is 0 Å². The minimum absolute atomic E-state index is 0.100. The highest BCUT2D eigenvalue weighted by atomic mass is 32.1. The van der Waals surface area contributed by atoms with Crippen molar-refractivity contribution in [3.8, 4) is 0 Å². The fourth-order valence-corrected chi connectivity index (χ4v) is 4.55. The second-order valence-electron chi connectivity index (χ2n) is 8.32. The zero-order chi connectivity index (χ0) is 22.4. The van der Waals surface area contributed by atoms with Crippen molar-refractivity contribution in [1.82, 2.24) is 10.6 Å². The molecule has 6 heteroatoms. The van der Waals surface area contributed by atoms with Crippen LogP contribution in [0.2, 0.25) is 0 Å². The zero-order valence-electron chi connectivity index (χ0n) is 18.3. The molecule has 0 aliphatic heterocycles. The number of halogens is 2. The Kier molecular flexibility index (Phi) is 8.50. The van der Waals surface area contributed by atoms with Crippen molar-refractivity contribution in [3.05, 3.63) is 70.3 Å². The average Bonchev–Trinajstić information content (AvgIpc) is 2.75. The van der Waals surface area contributed by atoms with Crippen molar-refractivity contribution in [3.63, 3.8) is 0 Å². The van der Waals surface area contributed by atoms with Gasteiger partial charge in [0.05, 0.1) is 0 Å². The molecule has 1 aliphatic carbocycles. The van der Waals surface area contributed by atoms with Gasteiger partial charge in [-0.1, -0.05) is 32.0 Å². The molecule has 1 amide bonds. The van der Waals surface area contributed by atoms with E-state index in [4.69, 9.17) is 12.6 Å². The summed E-state index contributed by atoms with van der Waals surface area (Å²) in [6, 6.07) is 10.1. The molecule has 1 aliphatic rings. The van der Waals surface area contributed by atoms with E-state index in [1.54, 1.807) is 6.92 Å². The van der Waals surface area contributed by atoms with Crippen molar-refractivity contribution >= 4 is 18.5 Å². The SMILES string of the molecule is CCC(=O)N[C@@H](Cc1cc(F)cc(F)c1)[C@@H](S)CN[C@H]1CCCc2ccc(CC)cc21. The molecule has 2 aromatic rings. The molecule has 0 aromatic heterocycles. The molecule has 0 heterocycles. The van der Waals surface area contributed by atoms with E-state index in [1.165, 1.54) is 28.8 Å². The van der Waals surface area contributed by atoms with Crippen LogP contribution in [0.3, 0.4) is 0 Å². The maximum atomic E-state index is 13.6. The van der Waals surface area contributed by atoms with Crippen LogP contribution >= 0.6 is 12.6 Å². The van der Waals surface area contributed by atoms with Crippen LogP contribution in [0.1, 0.15) is 61.4 Å². The van der Waals surface area contributed by atoms with Crippen molar-refractivity contribution < 1.29 is 13.6 Å². The second kappa shape index (κ2) is 11.1. The highest BCUT2D eigenvalue weighted by molar-refractivity contribution is 7.81. The molecular weight excluding hydrogens is 414 g/mol. The lowest BCUT2D eigenvalue weighted by Crippen LogP contribution is -2.46. The molecule has 0 radical (unpaired) electrons. The molecule has 31 heavy (non-hydrogen) atoms. The first kappa shape index (κ1) is 23.7. The first-order valence-corrected chi connectivity index (χ1v) is 11.7. The molecule has 3 rings (SSSR count). The molecular formula is C25H32F2N2OS. The van der Waals surface area contributed by atoms with Crippen LogP contribution in [-0.2, 0) is 24.1 Å². The molecule has 0 bridgehead atoms. The van der Waals surface area contributed by atoms with Crippen LogP contribution in [0.25, 0.3) is 0 Å². The van der Waals surface area contributed by atoms with E-state index in [1.807, 2.05) is 0 Å². The minimum Gasteiger partial charge on any atom is -0.352 e. The average molecular weight is 447 g/mol. The summed E-state index contributed by atoms with van der Waals surface area (Å²) in [4.78, 5) is 12.1. The Hall–Kier alpha value is -1.92. The van der Waals surface area contributed by atoms with Gasteiger partial charge in [-0.3, -0.25) is 4.79 Å². The Balaban J connectivity index is 1.70. The zero-order valence-corrected chi connectivity index (χ0v) is 19.2. The molecule has 0 unspecified atom stereocenters. The second-order valence-corrected chi connectivity index (χ2v) is 8.98. The predicted molar refractivity (Wildman–Crippen MR) is 125 cm³/mol. The van der Waals surface area contributed by atoms with Crippen LogP contribution in [-0.4, -0.2) is 23.7 Å². The number of fused-ring (bicyclic) bond motifs is 1. The van der Waals surface area contributed by atoms with Crippen molar-refractivity contribution in [2.45, 2.75) is 69.7 Å². The monoisotopic (exact) mass is 446 g/mol. The fourth-order valence-electron chi connectivity index (χ4n) is 4.26. The van der Waals surface area contributed by atoms with E-state index in [0.29, 0.717) is 24.9 Å². The van der Waals surface area contributed by atoms with Gasteiger partial charge in [0.25, 0.3) is 0 Å². The third-order valence-corrected chi connectivity index (χ3v) is 6.56. The standard InChI is InChI=1S/C25H32F2N2OS/c1-3-16-8-9-18-6-5-7-22(21(18)12-16)28-15-24(31)23(29-25(30)4-2)13-17-10-19(26)14-20(27)11-17/h8-12,14,22-24,28,31H,3-7,13,15H2,1-2H3,(H,29,30)/t22-,23-,24-/m0/s1. The highest BCUT2D eigenvalue weighted by Crippen LogP contribution is 2.31. The number of aryl methyl sites for hydroxylation is 2. The molecule has 0 saturated heterocycles. The summed E-state index contributed by atoms with van der Waals surface area (Å²) in [5.74, 6) is -1.33. The number of hydrogen-bond acceptors (Lipinski definition) is 3. The first-order valence-electron chi connectivity index (χ1n) is 11.2. The summed E-state index contributed by atoms with van der Waals surface area (Å²) in [7, 11) is 0. The number of amides is 1. The van der Waals surface area contributed by atoms with Gasteiger partial charge in [0.2, 0.25) is 5.91 Å². The van der Waals surface area contributed by atoms with Gasteiger partial charge in [0, 0.05) is 36.4 Å². The normalized spacial score (nSPS) is 17.6. The van der Waals surface area contributed by atoms with Crippen molar-refractivity contribution in [2.75, 3.05) is 6.54 Å². The Morgan fingerprint density at radius 2 is 1.87 bits per heavy atom. The Morgan fingerprint density at radius 3 is 2.55 bits per heavy atom. The number of benzene rings is 2. The molecule has 0 fully saturated rings. The minimum atomic E-state index is -0.616. The number of nitrogens with one attached hydrogen (secondary N) is 2. The summed E-state index contributed by atoms with van der Waals surface area (Å²) in [5.41, 5.74) is 4.58. The number of rotatable bonds is 9. The van der Waals surface area contributed by atoms with E-state index in [0.717, 1.165) is 31.7 Å². The highest BCUT2D eigenvalue weighted by Gasteiger charge is 2.25. The Labute approximate surface area is 189 Å². The summed E-state index contributed by atoms with van der Waals surface area (Å²) in [5, 5.41) is 6.41. The van der Waals surface area contributed by atoms with Crippen LogP contribution in [0.15, 0.2) is 36.4 Å². The van der Waals surface area contributed by atoms with Crippen molar-refractivity contribution in [2.24, 2.45) is 0 Å². The van der Waals surface area contributed by atoms with Gasteiger partial charge in [0.1, 0.15) is 11.6 Å². The maximum absolute atomic E-state index is 13.6. The lowest BCUT2D eigenvalue weighted by atomic mass is 9.86. The van der Waals surface area contributed by atoms with Gasteiger partial charge in [-0.2, -0.15) is 12.6 Å². The molecule has 3 atom stereocenters. The van der Waals surface area contributed by atoms with Crippen molar-refractivity contribution in [1.29, 1.82) is 0 Å². The molecule has 0 saturated carbocycles. The van der Waals surface area contributed by atoms with Gasteiger partial charge in [-0.25, -0.2) is 8.78 Å². The number of thiol groups is 1. The smallest absolute Gasteiger partial charge is 0.219 e. The quantitative estimate of drug-likeness (QED) is 0.478. The van der Waals surface area contributed by atoms with Gasteiger partial charge < -0.3 is 10.6 Å². The maximum Gasteiger partial charge on any atom is 0.219 e. The largest absolute Gasteiger partial charge is 0.352 e. The van der Waals surface area contributed by atoms with E-state index in [9.17, 15) is 13.6 Å². The predicted octanol–water partition coefficient (Wildman–Crippen LogP) is 4.93. The lowest BCUT2D eigenvalue weighted by Gasteiger charge is -2.30. The fraction of sp³-hybridized carbons (Fsp3) is 0.480. The van der Waals surface area contributed by atoms with Crippen LogP contribution in [0, 0.1) is 11.6 Å². The van der Waals surface area contributed by atoms with E-state index >= 15 is 0 Å². The Morgan fingerprint density at radius 1 is 1.13 bits per heavy atom. The number of hydrogen-bond donors (Lipinski definition) is 3. The van der Waals surface area contributed by atoms with Crippen LogP contribution < -0.4 is 10.6 Å². The van der Waals surface area contributed by atoms with Crippen LogP contribution in [0.4, 0.5) is 8.78 Å². The number of carbonyl (C=O) groups is 1. The van der Waals surface area contributed by atoms with E-state index < -0.39 is 11.6 Å². The summed E-state index contributed by atoms with van der Waals surface area (Å²) in [6.45, 7) is 4.52. The third kappa shape index (κ3) is 6.53. The van der Waals surface area contributed by atoms with Gasteiger partial charge in [0.15, 0.2) is 0 Å². The Bertz CT molecular complexity index is 885. The summed E-state index contributed by atoms with van der Waals surface area (Å²) in [6.07, 6.45) is 4.95.